The molecule has 4 atom stereocenters. The third-order valence-corrected chi connectivity index (χ3v) is 5.35. The van der Waals surface area contributed by atoms with Gasteiger partial charge in [0.1, 0.15) is 0 Å². The van der Waals surface area contributed by atoms with E-state index in [-0.39, 0.29) is 0 Å². The number of nitrogens with zero attached hydrogens (tertiary/aromatic N) is 1. The third kappa shape index (κ3) is 5.10. The molecule has 18 heavy (non-hydrogen) atoms. The monoisotopic (exact) mass is 272 g/mol. The van der Waals surface area contributed by atoms with E-state index in [9.17, 15) is 0 Å². The van der Waals surface area contributed by atoms with Crippen LogP contribution in [0.2, 0.25) is 0 Å². The number of thioether (sulfide) groups is 1. The van der Waals surface area contributed by atoms with Crippen LogP contribution in [-0.4, -0.2) is 42.6 Å². The fourth-order valence-electron chi connectivity index (χ4n) is 3.18. The van der Waals surface area contributed by atoms with Gasteiger partial charge in [0, 0.05) is 24.4 Å². The van der Waals surface area contributed by atoms with Crippen LogP contribution in [0, 0.1) is 11.8 Å². The van der Waals surface area contributed by atoms with Gasteiger partial charge in [-0.25, -0.2) is 0 Å². The first-order chi connectivity index (χ1) is 8.58. The Balaban J connectivity index is 2.42. The lowest BCUT2D eigenvalue weighted by Crippen LogP contribution is -2.44. The van der Waals surface area contributed by atoms with E-state index in [0.29, 0.717) is 18.0 Å². The molecule has 0 heterocycles. The maximum absolute atomic E-state index is 6.33. The van der Waals surface area contributed by atoms with Crippen molar-refractivity contribution in [2.45, 2.75) is 58.0 Å². The van der Waals surface area contributed by atoms with Gasteiger partial charge in [0.05, 0.1) is 0 Å². The van der Waals surface area contributed by atoms with Gasteiger partial charge in [-0.2, -0.15) is 11.8 Å². The maximum atomic E-state index is 6.33. The standard InChI is InChI=1S/C15H32N2S/c1-5-6-13-7-8-15(16)14(9-13)10-17(3)12(2)11-18-4/h12-15H,5-11,16H2,1-4H3. The second kappa shape index (κ2) is 8.44. The zero-order valence-corrected chi connectivity index (χ0v) is 13.5. The third-order valence-electron chi connectivity index (χ3n) is 4.53. The first-order valence-corrected chi connectivity index (χ1v) is 8.92. The van der Waals surface area contributed by atoms with E-state index >= 15 is 0 Å². The van der Waals surface area contributed by atoms with E-state index in [1.165, 1.54) is 44.4 Å². The van der Waals surface area contributed by atoms with Crippen LogP contribution in [0.25, 0.3) is 0 Å². The van der Waals surface area contributed by atoms with Crippen LogP contribution in [-0.2, 0) is 0 Å². The minimum absolute atomic E-state index is 0.432. The van der Waals surface area contributed by atoms with Gasteiger partial charge in [0.2, 0.25) is 0 Å². The predicted octanol–water partition coefficient (Wildman–Crippen LogP) is 3.21. The Morgan fingerprint density at radius 3 is 2.72 bits per heavy atom. The molecule has 0 saturated heterocycles. The molecule has 1 aliphatic rings. The zero-order valence-electron chi connectivity index (χ0n) is 12.7. The molecule has 2 N–H and O–H groups in total. The van der Waals surface area contributed by atoms with Crippen molar-refractivity contribution in [2.24, 2.45) is 17.6 Å². The van der Waals surface area contributed by atoms with Crippen molar-refractivity contribution in [3.05, 3.63) is 0 Å². The highest BCUT2D eigenvalue weighted by Crippen LogP contribution is 2.32. The fraction of sp³-hybridized carbons (Fsp3) is 1.00. The SMILES string of the molecule is CCCC1CCC(N)C(CN(C)C(C)CSC)C1. The Morgan fingerprint density at radius 1 is 1.39 bits per heavy atom. The normalized spacial score (nSPS) is 30.7. The Hall–Kier alpha value is 0.270. The second-order valence-electron chi connectivity index (χ2n) is 6.14. The molecule has 1 rings (SSSR count). The Labute approximate surface area is 118 Å². The van der Waals surface area contributed by atoms with Crippen molar-refractivity contribution in [2.75, 3.05) is 25.6 Å². The largest absolute Gasteiger partial charge is 0.327 e. The average Bonchev–Trinajstić information content (AvgIpc) is 2.34. The van der Waals surface area contributed by atoms with Crippen LogP contribution in [0.3, 0.4) is 0 Å². The van der Waals surface area contributed by atoms with Gasteiger partial charge in [-0.15, -0.1) is 0 Å². The van der Waals surface area contributed by atoms with Gasteiger partial charge in [0.25, 0.3) is 0 Å². The summed E-state index contributed by atoms with van der Waals surface area (Å²) in [5, 5.41) is 0. The number of nitrogens with two attached hydrogens (primary N) is 1. The molecule has 1 aliphatic carbocycles. The lowest BCUT2D eigenvalue weighted by atomic mass is 9.76. The van der Waals surface area contributed by atoms with E-state index in [4.69, 9.17) is 5.73 Å². The van der Waals surface area contributed by atoms with Gasteiger partial charge >= 0.3 is 0 Å². The summed E-state index contributed by atoms with van der Waals surface area (Å²) in [4.78, 5) is 2.51. The number of hydrogen-bond acceptors (Lipinski definition) is 3. The fourth-order valence-corrected chi connectivity index (χ4v) is 3.92. The van der Waals surface area contributed by atoms with E-state index in [1.807, 2.05) is 11.8 Å². The lowest BCUT2D eigenvalue weighted by Gasteiger charge is -2.37. The van der Waals surface area contributed by atoms with Gasteiger partial charge in [-0.1, -0.05) is 19.8 Å². The highest BCUT2D eigenvalue weighted by molar-refractivity contribution is 7.98. The van der Waals surface area contributed by atoms with Gasteiger partial charge in [0.15, 0.2) is 0 Å². The quantitative estimate of drug-likeness (QED) is 0.771. The maximum Gasteiger partial charge on any atom is 0.0155 e. The highest BCUT2D eigenvalue weighted by atomic mass is 32.2. The predicted molar refractivity (Wildman–Crippen MR) is 84.2 cm³/mol. The molecular formula is C15H32N2S. The second-order valence-corrected chi connectivity index (χ2v) is 7.05. The number of rotatable bonds is 7. The molecule has 0 bridgehead atoms. The summed E-state index contributed by atoms with van der Waals surface area (Å²) in [7, 11) is 2.26. The molecule has 0 aliphatic heterocycles. The van der Waals surface area contributed by atoms with E-state index < -0.39 is 0 Å². The van der Waals surface area contributed by atoms with E-state index in [2.05, 4.69) is 32.1 Å². The zero-order chi connectivity index (χ0) is 13.5. The molecule has 108 valence electrons. The molecule has 0 aromatic carbocycles. The van der Waals surface area contributed by atoms with Crippen LogP contribution in [0.15, 0.2) is 0 Å². The van der Waals surface area contributed by atoms with Crippen LogP contribution >= 0.6 is 11.8 Å². The van der Waals surface area contributed by atoms with Crippen molar-refractivity contribution in [1.82, 2.24) is 4.90 Å². The topological polar surface area (TPSA) is 29.3 Å². The van der Waals surface area contributed by atoms with Crippen LogP contribution < -0.4 is 5.73 Å². The van der Waals surface area contributed by atoms with Crippen LogP contribution in [0.4, 0.5) is 0 Å². The highest BCUT2D eigenvalue weighted by Gasteiger charge is 2.29. The first kappa shape index (κ1) is 16.3. The molecule has 0 radical (unpaired) electrons. The minimum atomic E-state index is 0.432. The van der Waals surface area contributed by atoms with Crippen molar-refractivity contribution in [1.29, 1.82) is 0 Å². The van der Waals surface area contributed by atoms with Gasteiger partial charge in [-0.3, -0.25) is 0 Å². The molecule has 0 aromatic rings. The molecule has 0 aromatic heterocycles. The smallest absolute Gasteiger partial charge is 0.0155 e. The average molecular weight is 273 g/mol. The van der Waals surface area contributed by atoms with Crippen molar-refractivity contribution >= 4 is 11.8 Å². The summed E-state index contributed by atoms with van der Waals surface area (Å²) >= 11 is 1.94. The van der Waals surface area contributed by atoms with Gasteiger partial charge < -0.3 is 10.6 Å². The molecule has 1 saturated carbocycles. The molecule has 0 spiro atoms. The summed E-state index contributed by atoms with van der Waals surface area (Å²) in [5.74, 6) is 2.87. The summed E-state index contributed by atoms with van der Waals surface area (Å²) in [6, 6.07) is 1.10. The number of hydrogen-bond donors (Lipinski definition) is 1. The minimum Gasteiger partial charge on any atom is -0.327 e. The molecule has 4 unspecified atom stereocenters. The van der Waals surface area contributed by atoms with Crippen molar-refractivity contribution < 1.29 is 0 Å². The molecular weight excluding hydrogens is 240 g/mol. The summed E-state index contributed by atoms with van der Waals surface area (Å²) in [6.45, 7) is 5.81. The van der Waals surface area contributed by atoms with Crippen molar-refractivity contribution in [3.63, 3.8) is 0 Å². The molecule has 3 heteroatoms. The lowest BCUT2D eigenvalue weighted by molar-refractivity contribution is 0.152. The molecule has 0 amide bonds. The molecule has 1 fully saturated rings. The first-order valence-electron chi connectivity index (χ1n) is 7.53. The Kier molecular flexibility index (Phi) is 7.66. The van der Waals surface area contributed by atoms with E-state index in [0.717, 1.165) is 5.92 Å². The van der Waals surface area contributed by atoms with Gasteiger partial charge in [-0.05, 0) is 51.3 Å². The van der Waals surface area contributed by atoms with Crippen molar-refractivity contribution in [3.8, 4) is 0 Å². The Bertz CT molecular complexity index is 223. The van der Waals surface area contributed by atoms with Crippen LogP contribution in [0.5, 0.6) is 0 Å². The summed E-state index contributed by atoms with van der Waals surface area (Å²) in [6.07, 6.45) is 8.85. The Morgan fingerprint density at radius 2 is 2.11 bits per heavy atom. The van der Waals surface area contributed by atoms with E-state index in [1.54, 1.807) is 0 Å². The van der Waals surface area contributed by atoms with Crippen LogP contribution in [0.1, 0.15) is 46.0 Å². The molecule has 2 nitrogen and oxygen atoms in total. The summed E-state index contributed by atoms with van der Waals surface area (Å²) in [5.41, 5.74) is 6.33. The summed E-state index contributed by atoms with van der Waals surface area (Å²) < 4.78 is 0.